The lowest BCUT2D eigenvalue weighted by Crippen LogP contribution is -2.57. The first-order valence-electron chi connectivity index (χ1n) is 13.5. The van der Waals surface area contributed by atoms with Gasteiger partial charge in [0.1, 0.15) is 5.82 Å². The number of anilines is 1. The predicted octanol–water partition coefficient (Wildman–Crippen LogP) is 5.64. The van der Waals surface area contributed by atoms with E-state index in [0.717, 1.165) is 87.4 Å². The van der Waals surface area contributed by atoms with Crippen LogP contribution in [0.25, 0.3) is 10.8 Å². The van der Waals surface area contributed by atoms with Crippen LogP contribution in [0.4, 0.5) is 5.82 Å². The number of fused-ring (bicyclic) bond motifs is 1. The van der Waals surface area contributed by atoms with Crippen molar-refractivity contribution in [3.63, 3.8) is 0 Å². The second-order valence-corrected chi connectivity index (χ2v) is 12.8. The Labute approximate surface area is 219 Å². The molecule has 3 saturated heterocycles. The zero-order valence-corrected chi connectivity index (χ0v) is 22.5. The van der Waals surface area contributed by atoms with E-state index in [4.69, 9.17) is 21.1 Å². The highest BCUT2D eigenvalue weighted by Gasteiger charge is 2.58. The van der Waals surface area contributed by atoms with Crippen molar-refractivity contribution in [1.82, 2.24) is 9.88 Å². The van der Waals surface area contributed by atoms with Gasteiger partial charge >= 0.3 is 0 Å². The molecule has 1 N–H and O–H groups in total. The van der Waals surface area contributed by atoms with E-state index in [-0.39, 0.29) is 28.2 Å². The Balaban J connectivity index is 1.16. The Hall–Kier alpha value is -1.73. The van der Waals surface area contributed by atoms with E-state index < -0.39 is 0 Å². The van der Waals surface area contributed by atoms with Gasteiger partial charge in [0.15, 0.2) is 0 Å². The van der Waals surface area contributed by atoms with Gasteiger partial charge in [-0.25, -0.2) is 4.98 Å². The lowest BCUT2D eigenvalue weighted by atomic mass is 9.73. The van der Waals surface area contributed by atoms with Crippen LogP contribution in [0.15, 0.2) is 24.4 Å². The molecule has 1 aromatic carbocycles. The fraction of sp³-hybridized carbons (Fsp3) is 0.655. The van der Waals surface area contributed by atoms with Gasteiger partial charge in [-0.3, -0.25) is 9.69 Å². The number of carbonyl (C=O) groups excluding carboxylic acids is 1. The predicted molar refractivity (Wildman–Crippen MR) is 143 cm³/mol. The minimum Gasteiger partial charge on any atom is -0.381 e. The van der Waals surface area contributed by atoms with E-state index >= 15 is 0 Å². The molecule has 2 aromatic rings. The summed E-state index contributed by atoms with van der Waals surface area (Å²) in [7, 11) is 0. The first-order chi connectivity index (χ1) is 17.2. The Kier molecular flexibility index (Phi) is 6.11. The molecule has 1 spiro atoms. The number of likely N-dealkylation sites (tertiary alicyclic amines) is 1. The molecule has 4 fully saturated rings. The van der Waals surface area contributed by atoms with E-state index in [2.05, 4.69) is 42.0 Å². The maximum Gasteiger partial charge on any atom is 0.229 e. The summed E-state index contributed by atoms with van der Waals surface area (Å²) < 4.78 is 11.4. The number of ether oxygens (including phenoxy) is 2. The zero-order valence-electron chi connectivity index (χ0n) is 21.7. The Morgan fingerprint density at radius 1 is 1.06 bits per heavy atom. The quantitative estimate of drug-likeness (QED) is 0.575. The number of carbonyl (C=O) groups is 1. The number of nitrogens with zero attached hydrogens (tertiary/aromatic N) is 2. The van der Waals surface area contributed by atoms with Gasteiger partial charge in [0.2, 0.25) is 5.91 Å². The van der Waals surface area contributed by atoms with Crippen LogP contribution in [0.1, 0.15) is 64.4 Å². The third kappa shape index (κ3) is 4.14. The Bertz CT molecular complexity index is 1170. The molecule has 4 heterocycles. The summed E-state index contributed by atoms with van der Waals surface area (Å²) in [6, 6.07) is 6.25. The molecule has 1 saturated carbocycles. The monoisotopic (exact) mass is 511 g/mol. The number of pyridine rings is 1. The number of amides is 1. The smallest absolute Gasteiger partial charge is 0.229 e. The first kappa shape index (κ1) is 24.6. The van der Waals surface area contributed by atoms with Crippen LogP contribution in [0, 0.1) is 16.7 Å². The van der Waals surface area contributed by atoms with Crippen molar-refractivity contribution in [3.8, 4) is 0 Å². The highest BCUT2D eigenvalue weighted by atomic mass is 35.5. The fourth-order valence-electron chi connectivity index (χ4n) is 6.89. The maximum absolute atomic E-state index is 12.9. The number of halogens is 1. The number of rotatable bonds is 4. The average Bonchev–Trinajstić information content (AvgIpc) is 3.48. The van der Waals surface area contributed by atoms with Crippen LogP contribution in [-0.2, 0) is 14.3 Å². The van der Waals surface area contributed by atoms with Gasteiger partial charge in [-0.2, -0.15) is 0 Å². The largest absolute Gasteiger partial charge is 0.381 e. The highest BCUT2D eigenvalue weighted by molar-refractivity contribution is 6.32. The van der Waals surface area contributed by atoms with Crippen LogP contribution in [0.2, 0.25) is 5.02 Å². The van der Waals surface area contributed by atoms with Crippen LogP contribution < -0.4 is 5.32 Å². The topological polar surface area (TPSA) is 63.7 Å². The molecule has 1 aromatic heterocycles. The van der Waals surface area contributed by atoms with E-state index in [9.17, 15) is 4.79 Å². The van der Waals surface area contributed by atoms with Gasteiger partial charge in [-0.05, 0) is 92.6 Å². The number of benzene rings is 1. The van der Waals surface area contributed by atoms with Crippen molar-refractivity contribution >= 4 is 34.1 Å². The van der Waals surface area contributed by atoms with Gasteiger partial charge in [0.25, 0.3) is 0 Å². The third-order valence-corrected chi connectivity index (χ3v) is 10.3. The average molecular weight is 512 g/mol. The highest BCUT2D eigenvalue weighted by Crippen LogP contribution is 2.59. The zero-order chi connectivity index (χ0) is 25.1. The number of aromatic nitrogens is 1. The molecular formula is C29H38ClN3O3. The van der Waals surface area contributed by atoms with E-state index in [1.165, 1.54) is 5.56 Å². The number of hydrogen-bond donors (Lipinski definition) is 1. The lowest BCUT2D eigenvalue weighted by Gasteiger charge is -2.48. The fourth-order valence-corrected chi connectivity index (χ4v) is 7.21. The maximum atomic E-state index is 12.9. The molecule has 0 radical (unpaired) electrons. The number of hydrogen-bond acceptors (Lipinski definition) is 5. The molecule has 1 aliphatic carbocycles. The standard InChI is InChI=1S/C29H38ClN3O3/c1-27(2)17-36-18-28(27,3)33-8-4-19(5-9-33)22-12-20-14-25(31-16-21(20)13-24(22)30)32-26(34)23-15-29(23)6-10-35-11-7-29/h12-14,16,19,23H,4-11,15,17-18H2,1-3H3,(H,31,32,34)/t23-,28-/m0/s1. The molecule has 194 valence electrons. The van der Waals surface area contributed by atoms with E-state index in [1.54, 1.807) is 0 Å². The molecule has 0 bridgehead atoms. The SMILES string of the molecule is CC1(C)COC[C@]1(C)N1CCC(c2cc3cc(NC(=O)[C@@H]4CC45CCOCC5)ncc3cc2Cl)CC1. The summed E-state index contributed by atoms with van der Waals surface area (Å²) in [5.41, 5.74) is 1.60. The van der Waals surface area contributed by atoms with Crippen molar-refractivity contribution in [2.75, 3.05) is 44.8 Å². The minimum absolute atomic E-state index is 0.0781. The molecule has 7 heteroatoms. The van der Waals surface area contributed by atoms with Crippen molar-refractivity contribution in [2.45, 2.75) is 64.3 Å². The molecule has 6 nitrogen and oxygen atoms in total. The van der Waals surface area contributed by atoms with Crippen molar-refractivity contribution < 1.29 is 14.3 Å². The number of piperidine rings is 1. The van der Waals surface area contributed by atoms with Gasteiger partial charge in [0, 0.05) is 46.7 Å². The summed E-state index contributed by atoms with van der Waals surface area (Å²) in [4.78, 5) is 20.1. The first-order valence-corrected chi connectivity index (χ1v) is 13.9. The summed E-state index contributed by atoms with van der Waals surface area (Å²) in [5, 5.41) is 5.99. The Morgan fingerprint density at radius 2 is 1.81 bits per heavy atom. The summed E-state index contributed by atoms with van der Waals surface area (Å²) in [5.74, 6) is 1.24. The van der Waals surface area contributed by atoms with Crippen LogP contribution in [0.5, 0.6) is 0 Å². The second kappa shape index (κ2) is 8.93. The van der Waals surface area contributed by atoms with E-state index in [1.807, 2.05) is 18.3 Å². The van der Waals surface area contributed by atoms with Crippen molar-refractivity contribution in [3.05, 3.63) is 35.0 Å². The summed E-state index contributed by atoms with van der Waals surface area (Å²) in [6.07, 6.45) is 6.93. The molecule has 36 heavy (non-hydrogen) atoms. The lowest BCUT2D eigenvalue weighted by molar-refractivity contribution is -0.118. The minimum atomic E-state index is 0.0781. The normalized spacial score (nSPS) is 30.1. The van der Waals surface area contributed by atoms with Crippen LogP contribution >= 0.6 is 11.6 Å². The van der Waals surface area contributed by atoms with Crippen molar-refractivity contribution in [2.24, 2.45) is 16.7 Å². The molecule has 6 rings (SSSR count). The van der Waals surface area contributed by atoms with Gasteiger partial charge in [-0.15, -0.1) is 0 Å². The van der Waals surface area contributed by atoms with Crippen LogP contribution in [0.3, 0.4) is 0 Å². The second-order valence-electron chi connectivity index (χ2n) is 12.4. The van der Waals surface area contributed by atoms with Crippen molar-refractivity contribution in [1.29, 1.82) is 0 Å². The third-order valence-electron chi connectivity index (χ3n) is 10.0. The molecule has 3 aliphatic heterocycles. The van der Waals surface area contributed by atoms with Gasteiger partial charge < -0.3 is 14.8 Å². The van der Waals surface area contributed by atoms with Gasteiger partial charge in [0.05, 0.1) is 13.2 Å². The molecule has 0 unspecified atom stereocenters. The molecular weight excluding hydrogens is 474 g/mol. The van der Waals surface area contributed by atoms with Crippen LogP contribution in [-0.4, -0.2) is 60.8 Å². The summed E-state index contributed by atoms with van der Waals surface area (Å²) >= 11 is 6.79. The molecule has 4 aliphatic rings. The molecule has 1 amide bonds. The van der Waals surface area contributed by atoms with E-state index in [0.29, 0.717) is 11.7 Å². The summed E-state index contributed by atoms with van der Waals surface area (Å²) in [6.45, 7) is 12.3. The number of nitrogens with one attached hydrogen (secondary N) is 1. The molecule has 2 atom stereocenters. The Morgan fingerprint density at radius 3 is 2.50 bits per heavy atom. The van der Waals surface area contributed by atoms with Gasteiger partial charge in [-0.1, -0.05) is 25.4 Å².